The average molecular weight is 166 g/mol. The summed E-state index contributed by atoms with van der Waals surface area (Å²) in [6.07, 6.45) is 12.3. The lowest BCUT2D eigenvalue weighted by Crippen LogP contribution is -2.27. The Morgan fingerprint density at radius 2 is 1.67 bits per heavy atom. The van der Waals surface area contributed by atoms with Crippen LogP contribution in [0.2, 0.25) is 0 Å². The molecule has 0 unspecified atom stereocenters. The van der Waals surface area contributed by atoms with Gasteiger partial charge in [-0.1, -0.05) is 45.4 Å². The Bertz CT molecular complexity index is 139. The molecule has 3 atom stereocenters. The molecule has 0 bridgehead atoms. The van der Waals surface area contributed by atoms with Crippen LogP contribution in [0, 0.1) is 17.8 Å². The Kier molecular flexibility index (Phi) is 2.73. The number of hydrogen-bond donors (Lipinski definition) is 0. The lowest BCUT2D eigenvalue weighted by atomic mass is 9.67. The maximum Gasteiger partial charge on any atom is -0.0383 e. The van der Waals surface area contributed by atoms with E-state index in [1.807, 2.05) is 0 Å². The summed E-state index contributed by atoms with van der Waals surface area (Å²) in [6.45, 7) is 2.37. The summed E-state index contributed by atoms with van der Waals surface area (Å²) in [4.78, 5) is 0. The monoisotopic (exact) mass is 166 g/mol. The Labute approximate surface area is 76.7 Å². The lowest BCUT2D eigenvalue weighted by Gasteiger charge is -2.39. The Morgan fingerprint density at radius 1 is 0.917 bits per heavy atom. The smallest absolute Gasteiger partial charge is 0.0383 e. The topological polar surface area (TPSA) is 0 Å². The molecule has 0 aromatic heterocycles. The fraction of sp³-hybridized carbons (Fsp3) is 1.00. The van der Waals surface area contributed by atoms with Gasteiger partial charge in [0.2, 0.25) is 0 Å². The molecule has 0 aromatic carbocycles. The molecule has 0 heteroatoms. The van der Waals surface area contributed by atoms with Crippen LogP contribution in [0.1, 0.15) is 58.3 Å². The van der Waals surface area contributed by atoms with Crippen molar-refractivity contribution in [2.45, 2.75) is 58.3 Å². The molecule has 0 aliphatic heterocycles. The van der Waals surface area contributed by atoms with E-state index in [-0.39, 0.29) is 0 Å². The van der Waals surface area contributed by atoms with Gasteiger partial charge < -0.3 is 0 Å². The van der Waals surface area contributed by atoms with E-state index in [2.05, 4.69) is 6.92 Å². The van der Waals surface area contributed by atoms with Crippen LogP contribution in [0.5, 0.6) is 0 Å². The van der Waals surface area contributed by atoms with Gasteiger partial charge in [0.15, 0.2) is 0 Å². The summed E-state index contributed by atoms with van der Waals surface area (Å²) in [5, 5.41) is 0. The van der Waals surface area contributed by atoms with Gasteiger partial charge in [-0.2, -0.15) is 0 Å². The van der Waals surface area contributed by atoms with E-state index in [0.29, 0.717) is 0 Å². The SMILES string of the molecule is CC[C@H]1CC[C@@H]2CCCC[C@@H]2C1. The molecule has 2 fully saturated rings. The molecule has 12 heavy (non-hydrogen) atoms. The minimum Gasteiger partial charge on any atom is -0.0651 e. The molecule has 70 valence electrons. The maximum atomic E-state index is 2.37. The minimum atomic E-state index is 1.09. The van der Waals surface area contributed by atoms with E-state index in [0.717, 1.165) is 17.8 Å². The highest BCUT2D eigenvalue weighted by atomic mass is 14.4. The average Bonchev–Trinajstić information content (AvgIpc) is 2.17. The fourth-order valence-corrected chi connectivity index (χ4v) is 3.34. The molecule has 0 nitrogen and oxygen atoms in total. The highest BCUT2D eigenvalue weighted by Gasteiger charge is 2.30. The van der Waals surface area contributed by atoms with E-state index >= 15 is 0 Å². The molecule has 0 radical (unpaired) electrons. The summed E-state index contributed by atoms with van der Waals surface area (Å²) >= 11 is 0. The van der Waals surface area contributed by atoms with Gasteiger partial charge in [-0.05, 0) is 30.6 Å². The van der Waals surface area contributed by atoms with Gasteiger partial charge in [-0.3, -0.25) is 0 Å². The Morgan fingerprint density at radius 3 is 2.42 bits per heavy atom. The first-order valence-electron chi connectivity index (χ1n) is 5.90. The molecule has 2 rings (SSSR count). The van der Waals surface area contributed by atoms with Gasteiger partial charge in [0, 0.05) is 0 Å². The highest BCUT2D eigenvalue weighted by Crippen LogP contribution is 2.43. The molecule has 0 saturated heterocycles. The van der Waals surface area contributed by atoms with Gasteiger partial charge >= 0.3 is 0 Å². The van der Waals surface area contributed by atoms with E-state index in [9.17, 15) is 0 Å². The van der Waals surface area contributed by atoms with Crippen LogP contribution in [0.3, 0.4) is 0 Å². The fourth-order valence-electron chi connectivity index (χ4n) is 3.34. The molecule has 0 heterocycles. The van der Waals surface area contributed by atoms with E-state index in [1.165, 1.54) is 25.7 Å². The largest absolute Gasteiger partial charge is 0.0651 e. The number of fused-ring (bicyclic) bond motifs is 1. The second-order valence-electron chi connectivity index (χ2n) is 4.89. The lowest BCUT2D eigenvalue weighted by molar-refractivity contribution is 0.128. The number of rotatable bonds is 1. The second-order valence-corrected chi connectivity index (χ2v) is 4.89. The maximum absolute atomic E-state index is 2.37. The predicted octanol–water partition coefficient (Wildman–Crippen LogP) is 4.00. The van der Waals surface area contributed by atoms with Crippen molar-refractivity contribution in [3.8, 4) is 0 Å². The Balaban J connectivity index is 1.90. The molecule has 0 aromatic rings. The zero-order valence-electron chi connectivity index (χ0n) is 8.39. The third-order valence-corrected chi connectivity index (χ3v) is 4.23. The summed E-state index contributed by atoms with van der Waals surface area (Å²) in [7, 11) is 0. The zero-order valence-corrected chi connectivity index (χ0v) is 8.39. The van der Waals surface area contributed by atoms with Crippen LogP contribution in [0.4, 0.5) is 0 Å². The van der Waals surface area contributed by atoms with Crippen LogP contribution in [-0.4, -0.2) is 0 Å². The van der Waals surface area contributed by atoms with Crippen LogP contribution in [0.25, 0.3) is 0 Å². The molecule has 0 spiro atoms. The van der Waals surface area contributed by atoms with Gasteiger partial charge in [0.1, 0.15) is 0 Å². The van der Waals surface area contributed by atoms with Crippen molar-refractivity contribution in [2.75, 3.05) is 0 Å². The van der Waals surface area contributed by atoms with Gasteiger partial charge in [0.05, 0.1) is 0 Å². The van der Waals surface area contributed by atoms with Crippen molar-refractivity contribution < 1.29 is 0 Å². The molecule has 0 amide bonds. The molecule has 2 aliphatic rings. The van der Waals surface area contributed by atoms with Crippen molar-refractivity contribution in [1.29, 1.82) is 0 Å². The molecule has 2 saturated carbocycles. The van der Waals surface area contributed by atoms with Crippen molar-refractivity contribution in [3.63, 3.8) is 0 Å². The van der Waals surface area contributed by atoms with Crippen LogP contribution in [-0.2, 0) is 0 Å². The third kappa shape index (κ3) is 1.67. The normalized spacial score (nSPS) is 42.2. The van der Waals surface area contributed by atoms with E-state index in [4.69, 9.17) is 0 Å². The zero-order chi connectivity index (χ0) is 8.39. The first-order valence-corrected chi connectivity index (χ1v) is 5.90. The molecule has 2 aliphatic carbocycles. The van der Waals surface area contributed by atoms with Crippen molar-refractivity contribution in [3.05, 3.63) is 0 Å². The molecule has 0 N–H and O–H groups in total. The minimum absolute atomic E-state index is 1.09. The highest BCUT2D eigenvalue weighted by molar-refractivity contribution is 4.82. The Hall–Kier alpha value is 0. The summed E-state index contributed by atoms with van der Waals surface area (Å²) in [6, 6.07) is 0. The third-order valence-electron chi connectivity index (χ3n) is 4.23. The standard InChI is InChI=1S/C12H22/c1-2-10-7-8-11-5-3-4-6-12(11)9-10/h10-12H,2-9H2,1H3/t10-,11-,12+/m0/s1. The second kappa shape index (κ2) is 3.81. The van der Waals surface area contributed by atoms with Crippen LogP contribution >= 0.6 is 0 Å². The van der Waals surface area contributed by atoms with Gasteiger partial charge in [-0.25, -0.2) is 0 Å². The first-order chi connectivity index (χ1) is 5.90. The summed E-state index contributed by atoms with van der Waals surface area (Å²) in [5.74, 6) is 3.36. The van der Waals surface area contributed by atoms with Gasteiger partial charge in [-0.15, -0.1) is 0 Å². The van der Waals surface area contributed by atoms with Crippen molar-refractivity contribution in [1.82, 2.24) is 0 Å². The molecular weight excluding hydrogens is 144 g/mol. The predicted molar refractivity (Wildman–Crippen MR) is 53.1 cm³/mol. The van der Waals surface area contributed by atoms with E-state index in [1.54, 1.807) is 25.7 Å². The summed E-state index contributed by atoms with van der Waals surface area (Å²) in [5.41, 5.74) is 0. The molecular formula is C12H22. The van der Waals surface area contributed by atoms with E-state index < -0.39 is 0 Å². The van der Waals surface area contributed by atoms with Crippen LogP contribution < -0.4 is 0 Å². The van der Waals surface area contributed by atoms with Gasteiger partial charge in [0.25, 0.3) is 0 Å². The first kappa shape index (κ1) is 8.59. The number of hydrogen-bond acceptors (Lipinski definition) is 0. The summed E-state index contributed by atoms with van der Waals surface area (Å²) < 4.78 is 0. The van der Waals surface area contributed by atoms with Crippen molar-refractivity contribution >= 4 is 0 Å². The quantitative estimate of drug-likeness (QED) is 0.552. The van der Waals surface area contributed by atoms with Crippen molar-refractivity contribution in [2.24, 2.45) is 17.8 Å². The van der Waals surface area contributed by atoms with Crippen LogP contribution in [0.15, 0.2) is 0 Å².